The van der Waals surface area contributed by atoms with Crippen molar-refractivity contribution < 1.29 is 26.7 Å². The molecule has 2 rings (SSSR count). The predicted molar refractivity (Wildman–Crippen MR) is 77.5 cm³/mol. The van der Waals surface area contributed by atoms with Gasteiger partial charge in [-0.3, -0.25) is 4.79 Å². The molecule has 1 atom stereocenters. The third kappa shape index (κ3) is 4.35. The molecule has 0 aliphatic carbocycles. The second-order valence-corrected chi connectivity index (χ2v) is 7.25. The zero-order valence-corrected chi connectivity index (χ0v) is 13.2. The Morgan fingerprint density at radius 2 is 2.26 bits per heavy atom. The summed E-state index contributed by atoms with van der Waals surface area (Å²) in [5, 5.41) is 1.39. The zero-order chi connectivity index (χ0) is 17.0. The highest BCUT2D eigenvalue weighted by Crippen LogP contribution is 2.20. The van der Waals surface area contributed by atoms with Crippen LogP contribution in [0.1, 0.15) is 12.1 Å². The Balaban J connectivity index is 1.93. The number of nitrogens with one attached hydrogen (secondary N) is 1. The average molecular weight is 349 g/mol. The van der Waals surface area contributed by atoms with Gasteiger partial charge in [0, 0.05) is 19.7 Å². The van der Waals surface area contributed by atoms with E-state index in [1.54, 1.807) is 12.1 Å². The number of rotatable bonds is 6. The van der Waals surface area contributed by atoms with Crippen LogP contribution in [0.4, 0.5) is 8.78 Å². The van der Waals surface area contributed by atoms with E-state index in [1.807, 2.05) is 0 Å². The lowest BCUT2D eigenvalue weighted by Gasteiger charge is -2.12. The van der Waals surface area contributed by atoms with Crippen LogP contribution in [0.3, 0.4) is 0 Å². The lowest BCUT2D eigenvalue weighted by atomic mass is 10.2. The molecule has 0 bridgehead atoms. The molecule has 7 nitrogen and oxygen atoms in total. The van der Waals surface area contributed by atoms with Crippen molar-refractivity contribution in [2.75, 3.05) is 20.2 Å². The Morgan fingerprint density at radius 3 is 2.87 bits per heavy atom. The van der Waals surface area contributed by atoms with Gasteiger partial charge in [0.1, 0.15) is 0 Å². The summed E-state index contributed by atoms with van der Waals surface area (Å²) in [6, 6.07) is 4.55. The molecule has 0 spiro atoms. The molecule has 1 N–H and O–H groups in total. The fourth-order valence-electron chi connectivity index (χ4n) is 2.14. The molecule has 1 fully saturated rings. The minimum absolute atomic E-state index is 0.0134. The molecule has 1 aliphatic rings. The molecule has 0 radical (unpaired) electrons. The van der Waals surface area contributed by atoms with E-state index in [0.29, 0.717) is 12.2 Å². The van der Waals surface area contributed by atoms with Gasteiger partial charge in [0.05, 0.1) is 12.2 Å². The first kappa shape index (κ1) is 17.5. The molecule has 1 unspecified atom stereocenters. The topological polar surface area (TPSA) is 88.6 Å². The van der Waals surface area contributed by atoms with Crippen molar-refractivity contribution in [3.8, 4) is 5.88 Å². The quantitative estimate of drug-likeness (QED) is 0.802. The van der Waals surface area contributed by atoms with Gasteiger partial charge in [-0.15, -0.1) is 0 Å². The average Bonchev–Trinajstić information content (AvgIpc) is 2.77. The minimum Gasteiger partial charge on any atom is -0.472 e. The molecule has 1 aliphatic heterocycles. The summed E-state index contributed by atoms with van der Waals surface area (Å²) < 4.78 is 53.9. The molecule has 1 amide bonds. The summed E-state index contributed by atoms with van der Waals surface area (Å²) in [5.74, 6) is -0.583. The first-order valence-corrected chi connectivity index (χ1v) is 8.41. The minimum atomic E-state index is -3.60. The van der Waals surface area contributed by atoms with Crippen molar-refractivity contribution in [3.05, 3.63) is 23.9 Å². The van der Waals surface area contributed by atoms with Crippen molar-refractivity contribution in [2.45, 2.75) is 24.6 Å². The summed E-state index contributed by atoms with van der Waals surface area (Å²) in [7, 11) is -2.18. The van der Waals surface area contributed by atoms with E-state index in [1.165, 1.54) is 13.1 Å². The predicted octanol–water partition coefficient (Wildman–Crippen LogP) is 0.376. The molecule has 1 saturated heterocycles. The summed E-state index contributed by atoms with van der Waals surface area (Å²) >= 11 is 0. The lowest BCUT2D eigenvalue weighted by molar-refractivity contribution is -0.120. The fraction of sp³-hybridized carbons (Fsp3) is 0.538. The zero-order valence-electron chi connectivity index (χ0n) is 12.4. The Hall–Kier alpha value is -1.81. The lowest BCUT2D eigenvalue weighted by Crippen LogP contribution is -2.39. The number of carbonyl (C=O) groups is 1. The van der Waals surface area contributed by atoms with Crippen LogP contribution in [0.15, 0.2) is 18.2 Å². The van der Waals surface area contributed by atoms with Gasteiger partial charge in [-0.25, -0.2) is 26.5 Å². The van der Waals surface area contributed by atoms with E-state index in [-0.39, 0.29) is 18.8 Å². The Kier molecular flexibility index (Phi) is 5.47. The van der Waals surface area contributed by atoms with E-state index in [9.17, 15) is 22.0 Å². The van der Waals surface area contributed by atoms with Gasteiger partial charge in [0.2, 0.25) is 21.8 Å². The van der Waals surface area contributed by atoms with Crippen LogP contribution in [0, 0.1) is 0 Å². The third-order valence-electron chi connectivity index (χ3n) is 3.37. The number of alkyl halides is 2. The number of pyridine rings is 1. The standard InChI is InChI=1S/C13H17F2N3O4S/c1-18-6-5-10(23(18,20)21)13(19)16-7-9-3-2-4-12(17-9)22-8-11(14)15/h2-4,10-11H,5-8H2,1H3,(H,16,19). The number of hydrogen-bond donors (Lipinski definition) is 1. The highest BCUT2D eigenvalue weighted by Gasteiger charge is 2.41. The summed E-state index contributed by atoms with van der Waals surface area (Å²) in [4.78, 5) is 16.0. The maximum atomic E-state index is 12.1. The van der Waals surface area contributed by atoms with Gasteiger partial charge in [0.25, 0.3) is 6.43 Å². The number of aromatic nitrogens is 1. The van der Waals surface area contributed by atoms with Gasteiger partial charge in [-0.1, -0.05) is 6.07 Å². The van der Waals surface area contributed by atoms with E-state index in [0.717, 1.165) is 4.31 Å². The molecule has 128 valence electrons. The summed E-state index contributed by atoms with van der Waals surface area (Å²) in [5.41, 5.74) is 0.383. The van der Waals surface area contributed by atoms with Gasteiger partial charge < -0.3 is 10.1 Å². The molecule has 10 heteroatoms. The number of nitrogens with zero attached hydrogens (tertiary/aromatic N) is 2. The maximum absolute atomic E-state index is 12.1. The fourth-order valence-corrected chi connectivity index (χ4v) is 3.69. The van der Waals surface area contributed by atoms with Crippen LogP contribution in [0.25, 0.3) is 0 Å². The van der Waals surface area contributed by atoms with Crippen LogP contribution in [-0.2, 0) is 21.4 Å². The van der Waals surface area contributed by atoms with E-state index in [4.69, 9.17) is 4.74 Å². The van der Waals surface area contributed by atoms with Gasteiger partial charge >= 0.3 is 0 Å². The molecular weight excluding hydrogens is 332 g/mol. The number of halogens is 2. The van der Waals surface area contributed by atoms with E-state index in [2.05, 4.69) is 10.3 Å². The second-order valence-electron chi connectivity index (χ2n) is 5.03. The van der Waals surface area contributed by atoms with Gasteiger partial charge in [-0.2, -0.15) is 0 Å². The Bertz CT molecular complexity index is 669. The van der Waals surface area contributed by atoms with Crippen molar-refractivity contribution in [1.29, 1.82) is 0 Å². The van der Waals surface area contributed by atoms with Crippen LogP contribution in [0.2, 0.25) is 0 Å². The molecule has 2 heterocycles. The summed E-state index contributed by atoms with van der Waals surface area (Å²) in [6.07, 6.45) is -2.37. The highest BCUT2D eigenvalue weighted by atomic mass is 32.2. The Labute approximate surface area is 132 Å². The number of sulfonamides is 1. The van der Waals surface area contributed by atoms with E-state index < -0.39 is 34.2 Å². The first-order valence-electron chi connectivity index (χ1n) is 6.90. The second kappa shape index (κ2) is 7.18. The molecule has 1 aromatic heterocycles. The third-order valence-corrected chi connectivity index (χ3v) is 5.60. The van der Waals surface area contributed by atoms with Gasteiger partial charge in [0.15, 0.2) is 11.9 Å². The maximum Gasteiger partial charge on any atom is 0.272 e. The normalized spacial score (nSPS) is 20.6. The smallest absolute Gasteiger partial charge is 0.272 e. The van der Waals surface area contributed by atoms with Crippen LogP contribution in [-0.4, -0.2) is 55.5 Å². The SMILES string of the molecule is CN1CCC(C(=O)NCc2cccc(OCC(F)F)n2)S1(=O)=O. The van der Waals surface area contributed by atoms with Crippen LogP contribution >= 0.6 is 0 Å². The largest absolute Gasteiger partial charge is 0.472 e. The van der Waals surface area contributed by atoms with Gasteiger partial charge in [-0.05, 0) is 12.5 Å². The van der Waals surface area contributed by atoms with Crippen molar-refractivity contribution in [2.24, 2.45) is 0 Å². The van der Waals surface area contributed by atoms with Crippen molar-refractivity contribution >= 4 is 15.9 Å². The van der Waals surface area contributed by atoms with E-state index >= 15 is 0 Å². The van der Waals surface area contributed by atoms with Crippen molar-refractivity contribution in [3.63, 3.8) is 0 Å². The number of hydrogen-bond acceptors (Lipinski definition) is 5. The van der Waals surface area contributed by atoms with Crippen LogP contribution < -0.4 is 10.1 Å². The van der Waals surface area contributed by atoms with Crippen molar-refractivity contribution in [1.82, 2.24) is 14.6 Å². The number of amides is 1. The molecule has 1 aromatic rings. The number of ether oxygens (including phenoxy) is 1. The first-order chi connectivity index (χ1) is 10.8. The molecule has 0 saturated carbocycles. The molecular formula is C13H17F2N3O4S. The molecule has 0 aromatic carbocycles. The molecule has 23 heavy (non-hydrogen) atoms. The monoisotopic (exact) mass is 349 g/mol. The summed E-state index contributed by atoms with van der Waals surface area (Å²) in [6.45, 7) is -0.481. The highest BCUT2D eigenvalue weighted by molar-refractivity contribution is 7.90. The Morgan fingerprint density at radius 1 is 1.52 bits per heavy atom. The van der Waals surface area contributed by atoms with Crippen LogP contribution in [0.5, 0.6) is 5.88 Å². The number of carbonyl (C=O) groups excluding carboxylic acids is 1.